The molecular weight excluding hydrogens is 276 g/mol. The number of ether oxygens (including phenoxy) is 2. The Kier molecular flexibility index (Phi) is 4.54. The average molecular weight is 296 g/mol. The third-order valence-corrected chi connectivity index (χ3v) is 4.05. The highest BCUT2D eigenvalue weighted by atomic mass is 16.5. The molecule has 0 amide bonds. The van der Waals surface area contributed by atoms with Crippen molar-refractivity contribution in [3.8, 4) is 5.75 Å². The van der Waals surface area contributed by atoms with Crippen molar-refractivity contribution in [3.05, 3.63) is 64.7 Å². The van der Waals surface area contributed by atoms with Crippen molar-refractivity contribution in [1.82, 2.24) is 0 Å². The Morgan fingerprint density at radius 3 is 2.59 bits per heavy atom. The fourth-order valence-corrected chi connectivity index (χ4v) is 2.95. The second-order valence-electron chi connectivity index (χ2n) is 5.55. The van der Waals surface area contributed by atoms with Gasteiger partial charge in [-0.15, -0.1) is 0 Å². The van der Waals surface area contributed by atoms with Crippen molar-refractivity contribution in [3.63, 3.8) is 0 Å². The number of Topliss-reactive ketones (excluding diaryl/α,β-unsaturated/α-hetero) is 1. The Morgan fingerprint density at radius 2 is 1.82 bits per heavy atom. The van der Waals surface area contributed by atoms with Crippen molar-refractivity contribution in [1.29, 1.82) is 0 Å². The third kappa shape index (κ3) is 3.04. The van der Waals surface area contributed by atoms with Crippen molar-refractivity contribution >= 4 is 5.78 Å². The predicted octanol–water partition coefficient (Wildman–Crippen LogP) is 3.93. The maximum Gasteiger partial charge on any atom is 0.163 e. The van der Waals surface area contributed by atoms with Crippen LogP contribution >= 0.6 is 0 Å². The number of carbonyl (C=O) groups excluding carboxylic acids is 1. The van der Waals surface area contributed by atoms with Crippen LogP contribution in [0.1, 0.15) is 39.9 Å². The average Bonchev–Trinajstić information content (AvgIpc) is 2.56. The number of hydrogen-bond acceptors (Lipinski definition) is 3. The van der Waals surface area contributed by atoms with E-state index in [1.807, 2.05) is 42.5 Å². The van der Waals surface area contributed by atoms with E-state index < -0.39 is 0 Å². The third-order valence-electron chi connectivity index (χ3n) is 4.05. The Hall–Kier alpha value is -2.13. The van der Waals surface area contributed by atoms with Crippen LogP contribution in [0, 0.1) is 0 Å². The van der Waals surface area contributed by atoms with Gasteiger partial charge in [-0.1, -0.05) is 30.3 Å². The van der Waals surface area contributed by atoms with E-state index in [-0.39, 0.29) is 5.78 Å². The number of carbonyl (C=O) groups is 1. The summed E-state index contributed by atoms with van der Waals surface area (Å²) in [5, 5.41) is 0. The molecule has 0 bridgehead atoms. The first kappa shape index (κ1) is 14.8. The summed E-state index contributed by atoms with van der Waals surface area (Å²) in [6, 6.07) is 13.9. The molecule has 0 atom stereocenters. The Balaban J connectivity index is 1.88. The molecule has 0 spiro atoms. The zero-order chi connectivity index (χ0) is 15.4. The standard InChI is InChI=1S/C19H20O3/c1-21-13-17-15-8-5-9-18(20)16(15)10-11-19(17)22-12-14-6-3-2-4-7-14/h2-4,6-7,10-11H,5,8-9,12-13H2,1H3. The largest absolute Gasteiger partial charge is 0.489 e. The molecule has 0 saturated carbocycles. The first-order valence-electron chi connectivity index (χ1n) is 7.63. The van der Waals surface area contributed by atoms with Crippen LogP contribution < -0.4 is 4.74 Å². The molecule has 2 aromatic rings. The van der Waals surface area contributed by atoms with E-state index in [0.29, 0.717) is 19.6 Å². The van der Waals surface area contributed by atoms with Crippen LogP contribution in [0.2, 0.25) is 0 Å². The molecule has 3 heteroatoms. The predicted molar refractivity (Wildman–Crippen MR) is 85.2 cm³/mol. The van der Waals surface area contributed by atoms with E-state index in [1.165, 1.54) is 0 Å². The summed E-state index contributed by atoms with van der Waals surface area (Å²) >= 11 is 0. The number of fused-ring (bicyclic) bond motifs is 1. The fraction of sp³-hybridized carbons (Fsp3) is 0.316. The van der Waals surface area contributed by atoms with Crippen LogP contribution in [-0.4, -0.2) is 12.9 Å². The lowest BCUT2D eigenvalue weighted by atomic mass is 9.87. The van der Waals surface area contributed by atoms with Crippen LogP contribution in [0.25, 0.3) is 0 Å². The minimum Gasteiger partial charge on any atom is -0.489 e. The second-order valence-corrected chi connectivity index (χ2v) is 5.55. The van der Waals surface area contributed by atoms with Gasteiger partial charge in [0.2, 0.25) is 0 Å². The summed E-state index contributed by atoms with van der Waals surface area (Å²) in [6.07, 6.45) is 2.47. The van der Waals surface area contributed by atoms with E-state index in [1.54, 1.807) is 7.11 Å². The highest BCUT2D eigenvalue weighted by Gasteiger charge is 2.22. The number of ketones is 1. The highest BCUT2D eigenvalue weighted by Crippen LogP contribution is 2.32. The van der Waals surface area contributed by atoms with Gasteiger partial charge in [-0.25, -0.2) is 0 Å². The van der Waals surface area contributed by atoms with Crippen molar-refractivity contribution in [2.45, 2.75) is 32.5 Å². The van der Waals surface area contributed by atoms with Gasteiger partial charge in [-0.3, -0.25) is 4.79 Å². The van der Waals surface area contributed by atoms with E-state index >= 15 is 0 Å². The van der Waals surface area contributed by atoms with Gasteiger partial charge in [0.1, 0.15) is 12.4 Å². The Labute approximate surface area is 130 Å². The first-order valence-corrected chi connectivity index (χ1v) is 7.63. The molecule has 22 heavy (non-hydrogen) atoms. The summed E-state index contributed by atoms with van der Waals surface area (Å²) in [5.41, 5.74) is 4.08. The minimum atomic E-state index is 0.230. The number of methoxy groups -OCH3 is 1. The van der Waals surface area contributed by atoms with Gasteiger partial charge < -0.3 is 9.47 Å². The maximum absolute atomic E-state index is 12.1. The molecule has 3 nitrogen and oxygen atoms in total. The van der Waals surface area contributed by atoms with Crippen LogP contribution in [-0.2, 0) is 24.4 Å². The fourth-order valence-electron chi connectivity index (χ4n) is 2.95. The van der Waals surface area contributed by atoms with Gasteiger partial charge in [0.05, 0.1) is 6.61 Å². The van der Waals surface area contributed by atoms with E-state index in [9.17, 15) is 4.79 Å². The van der Waals surface area contributed by atoms with Gasteiger partial charge in [-0.2, -0.15) is 0 Å². The van der Waals surface area contributed by atoms with Crippen molar-refractivity contribution in [2.75, 3.05) is 7.11 Å². The molecule has 2 aromatic carbocycles. The van der Waals surface area contributed by atoms with Crippen molar-refractivity contribution < 1.29 is 14.3 Å². The molecule has 1 aliphatic rings. The molecule has 0 aliphatic heterocycles. The number of rotatable bonds is 5. The zero-order valence-electron chi connectivity index (χ0n) is 12.8. The van der Waals surface area contributed by atoms with Gasteiger partial charge in [0, 0.05) is 24.7 Å². The van der Waals surface area contributed by atoms with Crippen LogP contribution in [0.4, 0.5) is 0 Å². The molecule has 0 radical (unpaired) electrons. The first-order chi connectivity index (χ1) is 10.8. The summed E-state index contributed by atoms with van der Waals surface area (Å²) in [4.78, 5) is 12.1. The lowest BCUT2D eigenvalue weighted by molar-refractivity contribution is 0.0971. The summed E-state index contributed by atoms with van der Waals surface area (Å²) < 4.78 is 11.3. The molecular formula is C19H20O3. The molecule has 0 fully saturated rings. The molecule has 0 aromatic heterocycles. The topological polar surface area (TPSA) is 35.5 Å². The zero-order valence-corrected chi connectivity index (χ0v) is 12.8. The number of benzene rings is 2. The van der Waals surface area contributed by atoms with Crippen LogP contribution in [0.3, 0.4) is 0 Å². The quantitative estimate of drug-likeness (QED) is 0.838. The second kappa shape index (κ2) is 6.75. The lowest BCUT2D eigenvalue weighted by Gasteiger charge is -2.21. The van der Waals surface area contributed by atoms with E-state index in [2.05, 4.69) is 0 Å². The molecule has 0 heterocycles. The van der Waals surface area contributed by atoms with E-state index in [4.69, 9.17) is 9.47 Å². The number of hydrogen-bond donors (Lipinski definition) is 0. The highest BCUT2D eigenvalue weighted by molar-refractivity contribution is 5.99. The monoisotopic (exact) mass is 296 g/mol. The van der Waals surface area contributed by atoms with Gasteiger partial charge >= 0.3 is 0 Å². The van der Waals surface area contributed by atoms with Crippen LogP contribution in [0.5, 0.6) is 5.75 Å². The van der Waals surface area contributed by atoms with Gasteiger partial charge in [0.25, 0.3) is 0 Å². The maximum atomic E-state index is 12.1. The van der Waals surface area contributed by atoms with Gasteiger partial charge in [-0.05, 0) is 36.1 Å². The normalized spacial score (nSPS) is 13.8. The summed E-state index contributed by atoms with van der Waals surface area (Å²) in [7, 11) is 1.67. The Bertz CT molecular complexity index is 662. The molecule has 1 aliphatic carbocycles. The molecule has 0 saturated heterocycles. The molecule has 0 unspecified atom stereocenters. The van der Waals surface area contributed by atoms with Crippen molar-refractivity contribution in [2.24, 2.45) is 0 Å². The summed E-state index contributed by atoms with van der Waals surface area (Å²) in [6.45, 7) is 0.991. The molecule has 0 N–H and O–H groups in total. The lowest BCUT2D eigenvalue weighted by Crippen LogP contribution is -2.14. The Morgan fingerprint density at radius 1 is 1.00 bits per heavy atom. The molecule has 114 valence electrons. The molecule has 3 rings (SSSR count). The SMILES string of the molecule is COCc1c(OCc2ccccc2)ccc2c1CCCC2=O. The van der Waals surface area contributed by atoms with E-state index in [0.717, 1.165) is 40.8 Å². The smallest absolute Gasteiger partial charge is 0.163 e. The summed E-state index contributed by atoms with van der Waals surface area (Å²) in [5.74, 6) is 1.05. The van der Waals surface area contributed by atoms with Gasteiger partial charge in [0.15, 0.2) is 5.78 Å². The minimum absolute atomic E-state index is 0.230. The van der Waals surface area contributed by atoms with Crippen LogP contribution in [0.15, 0.2) is 42.5 Å².